The molecule has 2 N–H and O–H groups in total. The van der Waals surface area contributed by atoms with Gasteiger partial charge >= 0.3 is 0 Å². The van der Waals surface area contributed by atoms with Gasteiger partial charge in [-0.05, 0) is 43.7 Å². The molecule has 0 atom stereocenters. The third-order valence-electron chi connectivity index (χ3n) is 4.67. The largest absolute Gasteiger partial charge is 0.396 e. The number of nitrogens with one attached hydrogen (secondary N) is 1. The van der Waals surface area contributed by atoms with Crippen molar-refractivity contribution in [3.8, 4) is 11.4 Å². The molecule has 0 saturated heterocycles. The fourth-order valence-electron chi connectivity index (χ4n) is 3.11. The van der Waals surface area contributed by atoms with Crippen molar-refractivity contribution >= 4 is 23.2 Å². The third kappa shape index (κ3) is 4.75. The van der Waals surface area contributed by atoms with E-state index < -0.39 is 17.3 Å². The molecule has 1 amide bonds. The minimum Gasteiger partial charge on any atom is -0.396 e. The van der Waals surface area contributed by atoms with Crippen LogP contribution in [-0.4, -0.2) is 27.2 Å². The van der Waals surface area contributed by atoms with Gasteiger partial charge in [-0.1, -0.05) is 29.8 Å². The predicted molar refractivity (Wildman–Crippen MR) is 114 cm³/mol. The normalized spacial score (nSPS) is 10.8. The number of halogens is 2. The lowest BCUT2D eigenvalue weighted by Gasteiger charge is -2.16. The van der Waals surface area contributed by atoms with Gasteiger partial charge in [0.05, 0.1) is 0 Å². The van der Waals surface area contributed by atoms with Gasteiger partial charge in [0.15, 0.2) is 0 Å². The van der Waals surface area contributed by atoms with E-state index in [-0.39, 0.29) is 25.4 Å². The van der Waals surface area contributed by atoms with E-state index in [1.54, 1.807) is 31.2 Å². The molecule has 3 aromatic rings. The number of carbonyl (C=O) groups is 1. The van der Waals surface area contributed by atoms with Crippen LogP contribution in [0.15, 0.2) is 47.3 Å². The van der Waals surface area contributed by atoms with Crippen LogP contribution in [0.3, 0.4) is 0 Å². The van der Waals surface area contributed by atoms with E-state index in [4.69, 9.17) is 11.6 Å². The molecule has 0 radical (unpaired) electrons. The second-order valence-electron chi connectivity index (χ2n) is 6.89. The number of nitrogens with zero attached hydrogens (tertiary/aromatic N) is 2. The summed E-state index contributed by atoms with van der Waals surface area (Å²) in [5, 5.41) is 12.5. The van der Waals surface area contributed by atoms with E-state index in [0.29, 0.717) is 27.5 Å². The lowest BCUT2D eigenvalue weighted by atomic mass is 10.1. The molecule has 0 aliphatic rings. The Labute approximate surface area is 178 Å². The smallest absolute Gasteiger partial charge is 0.257 e. The lowest BCUT2D eigenvalue weighted by Crippen LogP contribution is -2.33. The molecule has 0 bridgehead atoms. The summed E-state index contributed by atoms with van der Waals surface area (Å²) >= 11 is 6.10. The summed E-state index contributed by atoms with van der Waals surface area (Å²) in [5.41, 5.74) is 2.02. The maximum absolute atomic E-state index is 13.8. The van der Waals surface area contributed by atoms with Gasteiger partial charge in [-0.2, -0.15) is 0 Å². The summed E-state index contributed by atoms with van der Waals surface area (Å²) in [5.74, 6) is -0.768. The molecule has 0 unspecified atom stereocenters. The Bertz CT molecular complexity index is 1160. The first-order chi connectivity index (χ1) is 14.3. The molecule has 8 heteroatoms. The molecule has 2 aromatic carbocycles. The summed E-state index contributed by atoms with van der Waals surface area (Å²) in [7, 11) is 0. The summed E-state index contributed by atoms with van der Waals surface area (Å²) < 4.78 is 15.0. The number of rotatable bonds is 6. The van der Waals surface area contributed by atoms with E-state index in [1.165, 1.54) is 22.8 Å². The zero-order valence-electron chi connectivity index (χ0n) is 16.6. The fourth-order valence-corrected chi connectivity index (χ4v) is 3.29. The summed E-state index contributed by atoms with van der Waals surface area (Å²) in [6.07, 6.45) is 0.107. The third-order valence-corrected chi connectivity index (χ3v) is 5.08. The second-order valence-corrected chi connectivity index (χ2v) is 7.29. The van der Waals surface area contributed by atoms with Gasteiger partial charge in [0, 0.05) is 40.6 Å². The van der Waals surface area contributed by atoms with E-state index >= 15 is 0 Å². The molecule has 156 valence electrons. The van der Waals surface area contributed by atoms with E-state index in [0.717, 1.165) is 5.56 Å². The Morgan fingerprint density at radius 2 is 2.00 bits per heavy atom. The Morgan fingerprint density at radius 3 is 2.67 bits per heavy atom. The number of benzene rings is 2. The zero-order valence-corrected chi connectivity index (χ0v) is 17.3. The van der Waals surface area contributed by atoms with Crippen LogP contribution in [-0.2, 0) is 17.8 Å². The lowest BCUT2D eigenvalue weighted by molar-refractivity contribution is -0.116. The van der Waals surface area contributed by atoms with Crippen molar-refractivity contribution < 1.29 is 14.3 Å². The number of anilines is 1. The zero-order chi connectivity index (χ0) is 21.8. The number of aromatic nitrogens is 2. The van der Waals surface area contributed by atoms with Crippen molar-refractivity contribution in [3.05, 3.63) is 80.5 Å². The maximum atomic E-state index is 13.8. The van der Waals surface area contributed by atoms with Gasteiger partial charge in [0.25, 0.3) is 5.56 Å². The highest BCUT2D eigenvalue weighted by molar-refractivity contribution is 6.31. The van der Waals surface area contributed by atoms with Crippen molar-refractivity contribution in [2.75, 3.05) is 11.9 Å². The number of amides is 1. The molecular formula is C22H21ClFN3O3. The van der Waals surface area contributed by atoms with E-state index in [1.807, 2.05) is 6.92 Å². The maximum Gasteiger partial charge on any atom is 0.257 e. The van der Waals surface area contributed by atoms with Gasteiger partial charge in [-0.15, -0.1) is 0 Å². The van der Waals surface area contributed by atoms with Crippen LogP contribution in [0.2, 0.25) is 5.02 Å². The summed E-state index contributed by atoms with van der Waals surface area (Å²) in [4.78, 5) is 30.2. The highest BCUT2D eigenvalue weighted by Gasteiger charge is 2.18. The van der Waals surface area contributed by atoms with Gasteiger partial charge in [-0.25, -0.2) is 9.37 Å². The Kier molecular flexibility index (Phi) is 6.64. The van der Waals surface area contributed by atoms with Crippen LogP contribution < -0.4 is 10.9 Å². The van der Waals surface area contributed by atoms with Gasteiger partial charge in [-0.3, -0.25) is 14.2 Å². The quantitative estimate of drug-likeness (QED) is 0.628. The SMILES string of the molecule is Cc1ccc(NC(=O)Cn2c(-c3cccc(F)c3)nc(C)c(CCO)c2=O)cc1Cl. The Morgan fingerprint density at radius 1 is 1.23 bits per heavy atom. The average molecular weight is 430 g/mol. The van der Waals surface area contributed by atoms with Crippen LogP contribution in [0.1, 0.15) is 16.8 Å². The molecule has 0 saturated carbocycles. The molecule has 0 aliphatic carbocycles. The molecule has 1 heterocycles. The fraction of sp³-hybridized carbons (Fsp3) is 0.227. The van der Waals surface area contributed by atoms with Gasteiger partial charge < -0.3 is 10.4 Å². The minimum atomic E-state index is -0.482. The minimum absolute atomic E-state index is 0.107. The monoisotopic (exact) mass is 429 g/mol. The van der Waals surface area contributed by atoms with Gasteiger partial charge in [0.2, 0.25) is 5.91 Å². The van der Waals surface area contributed by atoms with Crippen molar-refractivity contribution in [2.45, 2.75) is 26.8 Å². The van der Waals surface area contributed by atoms with E-state index in [2.05, 4.69) is 10.3 Å². The first-order valence-electron chi connectivity index (χ1n) is 9.33. The first kappa shape index (κ1) is 21.7. The number of hydrogen-bond acceptors (Lipinski definition) is 4. The van der Waals surface area contributed by atoms with Crippen LogP contribution >= 0.6 is 11.6 Å². The van der Waals surface area contributed by atoms with Crippen LogP contribution in [0, 0.1) is 19.7 Å². The Balaban J connectivity index is 2.02. The number of aliphatic hydroxyl groups excluding tert-OH is 1. The summed E-state index contributed by atoms with van der Waals surface area (Å²) in [6.45, 7) is 2.93. The van der Waals surface area contributed by atoms with Crippen molar-refractivity contribution in [1.29, 1.82) is 0 Å². The van der Waals surface area contributed by atoms with Crippen LogP contribution in [0.5, 0.6) is 0 Å². The highest BCUT2D eigenvalue weighted by atomic mass is 35.5. The first-order valence-corrected chi connectivity index (χ1v) is 9.71. The highest BCUT2D eigenvalue weighted by Crippen LogP contribution is 2.21. The number of aryl methyl sites for hydroxylation is 2. The summed E-state index contributed by atoms with van der Waals surface area (Å²) in [6, 6.07) is 10.8. The van der Waals surface area contributed by atoms with Crippen LogP contribution in [0.25, 0.3) is 11.4 Å². The van der Waals surface area contributed by atoms with Gasteiger partial charge in [0.1, 0.15) is 18.2 Å². The Hall–Kier alpha value is -3.03. The molecule has 0 fully saturated rings. The molecule has 6 nitrogen and oxygen atoms in total. The molecule has 30 heavy (non-hydrogen) atoms. The molecule has 0 spiro atoms. The molecule has 1 aromatic heterocycles. The topological polar surface area (TPSA) is 84.2 Å². The second kappa shape index (κ2) is 9.19. The number of aliphatic hydroxyl groups is 1. The standard InChI is InChI=1S/C22H21ClFN3O3/c1-13-6-7-17(11-19(13)23)26-20(29)12-27-21(15-4-3-5-16(24)10-15)25-14(2)18(8-9-28)22(27)30/h3-7,10-11,28H,8-9,12H2,1-2H3,(H,26,29). The molecule has 0 aliphatic heterocycles. The number of carbonyl (C=O) groups excluding carboxylic acids is 1. The number of hydrogen-bond donors (Lipinski definition) is 2. The van der Waals surface area contributed by atoms with Crippen molar-refractivity contribution in [3.63, 3.8) is 0 Å². The van der Waals surface area contributed by atoms with E-state index in [9.17, 15) is 19.1 Å². The van der Waals surface area contributed by atoms with Crippen molar-refractivity contribution in [2.24, 2.45) is 0 Å². The molecule has 3 rings (SSSR count). The predicted octanol–water partition coefficient (Wildman–Crippen LogP) is 3.49. The molecular weight excluding hydrogens is 409 g/mol. The van der Waals surface area contributed by atoms with Crippen LogP contribution in [0.4, 0.5) is 10.1 Å². The average Bonchev–Trinajstić information content (AvgIpc) is 2.70. The van der Waals surface area contributed by atoms with Crippen molar-refractivity contribution in [1.82, 2.24) is 9.55 Å².